The van der Waals surface area contributed by atoms with Crippen molar-refractivity contribution in [3.8, 4) is 0 Å². The standard InChI is InChI=1S/C10H14BrNOS/c1-2-7-3-4-10(13,5-7)8-9(11)12-6-14-8/h6-7,13H,2-5H2,1H3. The first-order valence-electron chi connectivity index (χ1n) is 4.97. The Bertz CT molecular complexity index is 328. The lowest BCUT2D eigenvalue weighted by Gasteiger charge is -2.21. The van der Waals surface area contributed by atoms with Gasteiger partial charge in [0.25, 0.3) is 0 Å². The smallest absolute Gasteiger partial charge is 0.123 e. The van der Waals surface area contributed by atoms with Crippen molar-refractivity contribution in [1.29, 1.82) is 0 Å². The zero-order valence-corrected chi connectivity index (χ0v) is 10.6. The molecule has 1 fully saturated rings. The van der Waals surface area contributed by atoms with Crippen molar-refractivity contribution < 1.29 is 5.11 Å². The molecule has 0 amide bonds. The second-order valence-electron chi connectivity index (χ2n) is 4.02. The Morgan fingerprint density at radius 3 is 3.07 bits per heavy atom. The van der Waals surface area contributed by atoms with E-state index in [2.05, 4.69) is 27.8 Å². The van der Waals surface area contributed by atoms with E-state index in [1.165, 1.54) is 6.42 Å². The van der Waals surface area contributed by atoms with Crippen LogP contribution in [0, 0.1) is 5.92 Å². The molecule has 4 heteroatoms. The van der Waals surface area contributed by atoms with Crippen LogP contribution in [0.3, 0.4) is 0 Å². The van der Waals surface area contributed by atoms with Crippen LogP contribution in [0.2, 0.25) is 0 Å². The molecule has 1 aromatic rings. The Kier molecular flexibility index (Phi) is 2.96. The Morgan fingerprint density at radius 1 is 1.79 bits per heavy atom. The number of nitrogens with zero attached hydrogens (tertiary/aromatic N) is 1. The summed E-state index contributed by atoms with van der Waals surface area (Å²) in [4.78, 5) is 5.14. The van der Waals surface area contributed by atoms with Gasteiger partial charge >= 0.3 is 0 Å². The molecule has 0 radical (unpaired) electrons. The van der Waals surface area contributed by atoms with Crippen LogP contribution in [0.1, 0.15) is 37.5 Å². The fraction of sp³-hybridized carbons (Fsp3) is 0.700. The maximum absolute atomic E-state index is 10.5. The highest BCUT2D eigenvalue weighted by atomic mass is 79.9. The lowest BCUT2D eigenvalue weighted by Crippen LogP contribution is -2.20. The van der Waals surface area contributed by atoms with E-state index in [0.29, 0.717) is 5.92 Å². The summed E-state index contributed by atoms with van der Waals surface area (Å²) in [6, 6.07) is 0. The number of aromatic nitrogens is 1. The molecule has 0 bridgehead atoms. The summed E-state index contributed by atoms with van der Waals surface area (Å²) < 4.78 is 0.821. The van der Waals surface area contributed by atoms with Crippen LogP contribution < -0.4 is 0 Å². The van der Waals surface area contributed by atoms with Gasteiger partial charge in [0.15, 0.2) is 0 Å². The third-order valence-corrected chi connectivity index (χ3v) is 5.00. The predicted octanol–water partition coefficient (Wildman–Crippen LogP) is 3.30. The first-order valence-corrected chi connectivity index (χ1v) is 6.65. The second-order valence-corrected chi connectivity index (χ2v) is 5.63. The summed E-state index contributed by atoms with van der Waals surface area (Å²) in [5, 5.41) is 10.5. The Hall–Kier alpha value is 0.0700. The molecule has 1 aliphatic rings. The number of aliphatic hydroxyl groups is 1. The van der Waals surface area contributed by atoms with E-state index in [9.17, 15) is 5.11 Å². The minimum atomic E-state index is -0.610. The van der Waals surface area contributed by atoms with Crippen LogP contribution in [0.15, 0.2) is 10.1 Å². The topological polar surface area (TPSA) is 33.1 Å². The third kappa shape index (κ3) is 1.75. The minimum Gasteiger partial charge on any atom is -0.384 e. The van der Waals surface area contributed by atoms with Crippen LogP contribution in [-0.2, 0) is 5.60 Å². The summed E-state index contributed by atoms with van der Waals surface area (Å²) in [6.45, 7) is 2.19. The number of hydrogen-bond donors (Lipinski definition) is 1. The molecule has 0 saturated heterocycles. The summed E-state index contributed by atoms with van der Waals surface area (Å²) in [7, 11) is 0. The van der Waals surface area contributed by atoms with Gasteiger partial charge in [-0.1, -0.05) is 13.3 Å². The van der Waals surface area contributed by atoms with Gasteiger partial charge in [-0.2, -0.15) is 0 Å². The van der Waals surface area contributed by atoms with Crippen molar-refractivity contribution in [2.45, 2.75) is 38.2 Å². The zero-order valence-electron chi connectivity index (χ0n) is 8.16. The molecule has 14 heavy (non-hydrogen) atoms. The quantitative estimate of drug-likeness (QED) is 0.899. The molecule has 1 saturated carbocycles. The van der Waals surface area contributed by atoms with Crippen LogP contribution in [0.25, 0.3) is 0 Å². The fourth-order valence-electron chi connectivity index (χ4n) is 2.21. The maximum atomic E-state index is 10.5. The van der Waals surface area contributed by atoms with Crippen molar-refractivity contribution >= 4 is 27.3 Å². The number of thiazole rings is 1. The van der Waals surface area contributed by atoms with Gasteiger partial charge in [0, 0.05) is 0 Å². The molecule has 0 aliphatic heterocycles. The second kappa shape index (κ2) is 3.91. The zero-order chi connectivity index (χ0) is 10.2. The molecule has 1 N–H and O–H groups in total. The molecular weight excluding hydrogens is 262 g/mol. The van der Waals surface area contributed by atoms with Gasteiger partial charge in [0.05, 0.1) is 10.4 Å². The highest BCUT2D eigenvalue weighted by molar-refractivity contribution is 9.10. The Morgan fingerprint density at radius 2 is 2.57 bits per heavy atom. The lowest BCUT2D eigenvalue weighted by atomic mass is 9.98. The van der Waals surface area contributed by atoms with Crippen molar-refractivity contribution in [3.05, 3.63) is 15.0 Å². The first-order chi connectivity index (χ1) is 6.65. The SMILES string of the molecule is CCC1CCC(O)(c2scnc2Br)C1. The number of halogens is 1. The van der Waals surface area contributed by atoms with Crippen LogP contribution in [-0.4, -0.2) is 10.1 Å². The summed E-state index contributed by atoms with van der Waals surface area (Å²) in [5.74, 6) is 0.675. The molecule has 78 valence electrons. The van der Waals surface area contributed by atoms with Gasteiger partial charge in [-0.3, -0.25) is 0 Å². The van der Waals surface area contributed by atoms with E-state index in [1.54, 1.807) is 16.8 Å². The molecular formula is C10H14BrNOS. The summed E-state index contributed by atoms with van der Waals surface area (Å²) in [5.41, 5.74) is 1.18. The molecule has 2 nitrogen and oxygen atoms in total. The third-order valence-electron chi connectivity index (χ3n) is 3.12. The average Bonchev–Trinajstić information content (AvgIpc) is 2.73. The lowest BCUT2D eigenvalue weighted by molar-refractivity contribution is 0.0427. The van der Waals surface area contributed by atoms with Gasteiger partial charge in [0.2, 0.25) is 0 Å². The van der Waals surface area contributed by atoms with E-state index >= 15 is 0 Å². The van der Waals surface area contributed by atoms with Crippen LogP contribution >= 0.6 is 27.3 Å². The van der Waals surface area contributed by atoms with Crippen molar-refractivity contribution in [1.82, 2.24) is 4.98 Å². The van der Waals surface area contributed by atoms with Crippen molar-refractivity contribution in [2.24, 2.45) is 5.92 Å². The highest BCUT2D eigenvalue weighted by Crippen LogP contribution is 2.46. The predicted molar refractivity (Wildman–Crippen MR) is 61.3 cm³/mol. The number of hydrogen-bond acceptors (Lipinski definition) is 3. The molecule has 0 spiro atoms. The molecule has 1 aromatic heterocycles. The highest BCUT2D eigenvalue weighted by Gasteiger charge is 2.40. The summed E-state index contributed by atoms with van der Waals surface area (Å²) in [6.07, 6.45) is 4.08. The first kappa shape index (κ1) is 10.6. The number of rotatable bonds is 2. The van der Waals surface area contributed by atoms with Gasteiger partial charge in [0.1, 0.15) is 10.2 Å². The van der Waals surface area contributed by atoms with E-state index in [0.717, 1.165) is 28.7 Å². The van der Waals surface area contributed by atoms with E-state index in [1.807, 2.05) is 0 Å². The van der Waals surface area contributed by atoms with Gasteiger partial charge < -0.3 is 5.11 Å². The molecule has 2 rings (SSSR count). The van der Waals surface area contributed by atoms with E-state index in [4.69, 9.17) is 0 Å². The maximum Gasteiger partial charge on any atom is 0.123 e. The van der Waals surface area contributed by atoms with E-state index in [-0.39, 0.29) is 0 Å². The van der Waals surface area contributed by atoms with Gasteiger partial charge in [-0.05, 0) is 41.1 Å². The molecule has 0 aromatic carbocycles. The Labute approximate surface area is 96.5 Å². The van der Waals surface area contributed by atoms with E-state index < -0.39 is 5.60 Å². The fourth-order valence-corrected chi connectivity index (χ4v) is 3.92. The minimum absolute atomic E-state index is 0.610. The van der Waals surface area contributed by atoms with Gasteiger partial charge in [-0.25, -0.2) is 4.98 Å². The normalized spacial score (nSPS) is 32.4. The van der Waals surface area contributed by atoms with Crippen LogP contribution in [0.4, 0.5) is 0 Å². The van der Waals surface area contributed by atoms with Gasteiger partial charge in [-0.15, -0.1) is 11.3 Å². The molecule has 2 atom stereocenters. The molecule has 1 heterocycles. The Balaban J connectivity index is 2.22. The molecule has 2 unspecified atom stereocenters. The average molecular weight is 276 g/mol. The monoisotopic (exact) mass is 275 g/mol. The molecule has 1 aliphatic carbocycles. The van der Waals surface area contributed by atoms with Crippen molar-refractivity contribution in [3.63, 3.8) is 0 Å². The van der Waals surface area contributed by atoms with Crippen molar-refractivity contribution in [2.75, 3.05) is 0 Å². The van der Waals surface area contributed by atoms with Crippen LogP contribution in [0.5, 0.6) is 0 Å². The largest absolute Gasteiger partial charge is 0.384 e. The summed E-state index contributed by atoms with van der Waals surface area (Å²) >= 11 is 4.94.